The third-order valence-corrected chi connectivity index (χ3v) is 5.89. The number of amides is 1. The number of hydrogen-bond donors (Lipinski definition) is 0. The van der Waals surface area contributed by atoms with E-state index in [4.69, 9.17) is 4.42 Å². The maximum absolute atomic E-state index is 13.3. The molecule has 0 aromatic carbocycles. The van der Waals surface area contributed by atoms with Crippen molar-refractivity contribution in [1.82, 2.24) is 19.9 Å². The van der Waals surface area contributed by atoms with Crippen molar-refractivity contribution >= 4 is 5.91 Å². The third kappa shape index (κ3) is 3.55. The molecule has 3 aromatic heterocycles. The smallest absolute Gasteiger partial charge is 0.257 e. The fourth-order valence-electron chi connectivity index (χ4n) is 4.32. The van der Waals surface area contributed by atoms with Gasteiger partial charge in [0.15, 0.2) is 0 Å². The number of aryl methyl sites for hydroxylation is 1. The molecule has 1 atom stereocenters. The van der Waals surface area contributed by atoms with Crippen molar-refractivity contribution in [3.8, 4) is 11.1 Å². The molecule has 5 rings (SSSR count). The standard InChI is InChI=1S/C23H24N4O2/c1-15-11-19(22(29-15)17-4-5-17)23(28)27-10-2-3-18(13-27)21-20(12-25-14-26-21)16-6-8-24-9-7-16/h6-9,11-12,14,17-18H,2-5,10,13H2,1H3. The summed E-state index contributed by atoms with van der Waals surface area (Å²) in [5.74, 6) is 2.40. The first kappa shape index (κ1) is 18.0. The van der Waals surface area contributed by atoms with Crippen LogP contribution in [0.1, 0.15) is 65.1 Å². The minimum Gasteiger partial charge on any atom is -0.465 e. The maximum Gasteiger partial charge on any atom is 0.257 e. The third-order valence-electron chi connectivity index (χ3n) is 5.89. The van der Waals surface area contributed by atoms with Gasteiger partial charge in [-0.05, 0) is 56.4 Å². The Kier molecular flexibility index (Phi) is 4.62. The highest BCUT2D eigenvalue weighted by Crippen LogP contribution is 2.43. The number of nitrogens with zero attached hydrogens (tertiary/aromatic N) is 4. The van der Waals surface area contributed by atoms with Gasteiger partial charge in [0.25, 0.3) is 5.91 Å². The van der Waals surface area contributed by atoms with Gasteiger partial charge in [-0.3, -0.25) is 9.78 Å². The number of pyridine rings is 1. The first-order chi connectivity index (χ1) is 14.2. The van der Waals surface area contributed by atoms with Gasteiger partial charge in [-0.1, -0.05) is 0 Å². The molecule has 1 unspecified atom stereocenters. The van der Waals surface area contributed by atoms with E-state index in [1.54, 1.807) is 18.7 Å². The Morgan fingerprint density at radius 1 is 1.14 bits per heavy atom. The topological polar surface area (TPSA) is 72.1 Å². The van der Waals surface area contributed by atoms with Gasteiger partial charge < -0.3 is 9.32 Å². The molecule has 1 saturated carbocycles. The van der Waals surface area contributed by atoms with E-state index in [-0.39, 0.29) is 11.8 Å². The Bertz CT molecular complexity index is 1030. The summed E-state index contributed by atoms with van der Waals surface area (Å²) in [6.45, 7) is 3.37. The van der Waals surface area contributed by atoms with Crippen LogP contribution in [0.4, 0.5) is 0 Å². The highest BCUT2D eigenvalue weighted by Gasteiger charge is 2.35. The molecule has 0 radical (unpaired) electrons. The minimum absolute atomic E-state index is 0.0907. The Balaban J connectivity index is 1.42. The van der Waals surface area contributed by atoms with Crippen LogP contribution in [-0.2, 0) is 0 Å². The van der Waals surface area contributed by atoms with Crippen LogP contribution >= 0.6 is 0 Å². The van der Waals surface area contributed by atoms with Gasteiger partial charge in [0, 0.05) is 49.1 Å². The van der Waals surface area contributed by atoms with Crippen LogP contribution in [0.5, 0.6) is 0 Å². The van der Waals surface area contributed by atoms with Crippen LogP contribution in [0.3, 0.4) is 0 Å². The first-order valence-corrected chi connectivity index (χ1v) is 10.3. The zero-order chi connectivity index (χ0) is 19.8. The normalized spacial score (nSPS) is 19.3. The van der Waals surface area contributed by atoms with Crippen LogP contribution < -0.4 is 0 Å². The van der Waals surface area contributed by atoms with Crippen molar-refractivity contribution in [2.75, 3.05) is 13.1 Å². The second-order valence-corrected chi connectivity index (χ2v) is 8.06. The maximum atomic E-state index is 13.3. The van der Waals surface area contributed by atoms with Gasteiger partial charge in [0.1, 0.15) is 17.8 Å². The van der Waals surface area contributed by atoms with E-state index in [9.17, 15) is 4.79 Å². The highest BCUT2D eigenvalue weighted by atomic mass is 16.3. The Morgan fingerprint density at radius 2 is 1.97 bits per heavy atom. The van der Waals surface area contributed by atoms with Gasteiger partial charge in [-0.15, -0.1) is 0 Å². The minimum atomic E-state index is 0.0907. The summed E-state index contributed by atoms with van der Waals surface area (Å²) in [7, 11) is 0. The van der Waals surface area contributed by atoms with Crippen molar-refractivity contribution in [2.24, 2.45) is 0 Å². The highest BCUT2D eigenvalue weighted by molar-refractivity contribution is 5.95. The van der Waals surface area contributed by atoms with E-state index in [2.05, 4.69) is 15.0 Å². The van der Waals surface area contributed by atoms with Crippen LogP contribution in [0.15, 0.2) is 47.5 Å². The predicted molar refractivity (Wildman–Crippen MR) is 109 cm³/mol. The molecule has 1 aliphatic carbocycles. The Hall–Kier alpha value is -3.02. The van der Waals surface area contributed by atoms with Crippen molar-refractivity contribution < 1.29 is 9.21 Å². The quantitative estimate of drug-likeness (QED) is 0.665. The van der Waals surface area contributed by atoms with Gasteiger partial charge in [0.2, 0.25) is 0 Å². The predicted octanol–water partition coefficient (Wildman–Crippen LogP) is 4.34. The number of hydrogen-bond acceptors (Lipinski definition) is 5. The summed E-state index contributed by atoms with van der Waals surface area (Å²) in [5, 5.41) is 0. The number of piperidine rings is 1. The molecule has 1 amide bonds. The van der Waals surface area contributed by atoms with E-state index in [0.29, 0.717) is 12.5 Å². The van der Waals surface area contributed by atoms with Gasteiger partial charge in [0.05, 0.1) is 11.3 Å². The summed E-state index contributed by atoms with van der Waals surface area (Å²) in [5.41, 5.74) is 3.84. The number of carbonyl (C=O) groups excluding carboxylic acids is 1. The summed E-state index contributed by atoms with van der Waals surface area (Å²) >= 11 is 0. The van der Waals surface area contributed by atoms with Crippen LogP contribution in [-0.4, -0.2) is 38.8 Å². The SMILES string of the molecule is Cc1cc(C(=O)N2CCCC(c3ncncc3-c3ccncc3)C2)c(C2CC2)o1. The number of furan rings is 1. The van der Waals surface area contributed by atoms with Crippen LogP contribution in [0.2, 0.25) is 0 Å². The molecule has 6 heteroatoms. The first-order valence-electron chi connectivity index (χ1n) is 10.3. The average Bonchev–Trinajstić information content (AvgIpc) is 3.55. The Morgan fingerprint density at radius 3 is 2.76 bits per heavy atom. The number of likely N-dealkylation sites (tertiary alicyclic amines) is 1. The number of carbonyl (C=O) groups is 1. The van der Waals surface area contributed by atoms with E-state index in [0.717, 1.165) is 66.1 Å². The molecular weight excluding hydrogens is 364 g/mol. The average molecular weight is 388 g/mol. The van der Waals surface area contributed by atoms with Crippen molar-refractivity contribution in [1.29, 1.82) is 0 Å². The second-order valence-electron chi connectivity index (χ2n) is 8.06. The lowest BCUT2D eigenvalue weighted by atomic mass is 9.90. The lowest BCUT2D eigenvalue weighted by Gasteiger charge is -2.33. The van der Waals surface area contributed by atoms with Gasteiger partial charge >= 0.3 is 0 Å². The van der Waals surface area contributed by atoms with Gasteiger partial charge in [-0.25, -0.2) is 9.97 Å². The molecule has 29 heavy (non-hydrogen) atoms. The van der Waals surface area contributed by atoms with Crippen molar-refractivity contribution in [3.05, 3.63) is 65.9 Å². The molecule has 0 spiro atoms. The number of rotatable bonds is 4. The van der Waals surface area contributed by atoms with Gasteiger partial charge in [-0.2, -0.15) is 0 Å². The molecule has 0 N–H and O–H groups in total. The molecule has 3 aromatic rings. The molecule has 4 heterocycles. The summed E-state index contributed by atoms with van der Waals surface area (Å²) < 4.78 is 5.86. The molecule has 1 aliphatic heterocycles. The van der Waals surface area contributed by atoms with E-state index in [1.165, 1.54) is 0 Å². The van der Waals surface area contributed by atoms with E-state index >= 15 is 0 Å². The van der Waals surface area contributed by atoms with E-state index in [1.807, 2.05) is 36.2 Å². The summed E-state index contributed by atoms with van der Waals surface area (Å²) in [6, 6.07) is 5.86. The molecule has 0 bridgehead atoms. The molecule has 1 saturated heterocycles. The summed E-state index contributed by atoms with van der Waals surface area (Å²) in [6.07, 6.45) is 11.2. The number of aromatic nitrogens is 3. The molecular formula is C23H24N4O2. The second kappa shape index (κ2) is 7.43. The Labute approximate surface area is 170 Å². The molecule has 2 aliphatic rings. The molecule has 2 fully saturated rings. The summed E-state index contributed by atoms with van der Waals surface area (Å²) in [4.78, 5) is 28.3. The zero-order valence-electron chi connectivity index (χ0n) is 16.5. The molecule has 148 valence electrons. The largest absolute Gasteiger partial charge is 0.465 e. The molecule has 6 nitrogen and oxygen atoms in total. The van der Waals surface area contributed by atoms with Crippen LogP contribution in [0.25, 0.3) is 11.1 Å². The zero-order valence-corrected chi connectivity index (χ0v) is 16.5. The van der Waals surface area contributed by atoms with Crippen LogP contribution in [0, 0.1) is 6.92 Å². The lowest BCUT2D eigenvalue weighted by Crippen LogP contribution is -2.39. The van der Waals surface area contributed by atoms with E-state index < -0.39 is 0 Å². The fourth-order valence-corrected chi connectivity index (χ4v) is 4.32. The lowest BCUT2D eigenvalue weighted by molar-refractivity contribution is 0.0703. The van der Waals surface area contributed by atoms with Crippen molar-refractivity contribution in [3.63, 3.8) is 0 Å². The monoisotopic (exact) mass is 388 g/mol. The fraction of sp³-hybridized carbons (Fsp3) is 0.391. The van der Waals surface area contributed by atoms with Crippen molar-refractivity contribution in [2.45, 2.75) is 44.4 Å².